The van der Waals surface area contributed by atoms with Crippen LogP contribution in [0.4, 0.5) is 13.2 Å². The first-order valence-corrected chi connectivity index (χ1v) is 7.93. The summed E-state index contributed by atoms with van der Waals surface area (Å²) in [4.78, 5) is 2.43. The third kappa shape index (κ3) is 4.10. The van der Waals surface area contributed by atoms with Gasteiger partial charge in [0.1, 0.15) is 0 Å². The van der Waals surface area contributed by atoms with Gasteiger partial charge in [-0.25, -0.2) is 0 Å². The van der Waals surface area contributed by atoms with Crippen LogP contribution in [0, 0.1) is 5.92 Å². The van der Waals surface area contributed by atoms with E-state index >= 15 is 0 Å². The Labute approximate surface area is 120 Å². The standard InChI is InChI=1S/C15H27F3N2/c1-11(2)20(10-13-4-3-9-19-13)14-7-5-12(6-8-14)15(16,17)18/h11-14,19H,3-10H2,1-2H3. The summed E-state index contributed by atoms with van der Waals surface area (Å²) in [5.41, 5.74) is 0. The van der Waals surface area contributed by atoms with Crippen molar-refractivity contribution in [3.8, 4) is 0 Å². The molecule has 2 fully saturated rings. The molecular weight excluding hydrogens is 265 g/mol. The second-order valence-electron chi connectivity index (χ2n) is 6.63. The normalized spacial score (nSPS) is 32.2. The zero-order valence-corrected chi connectivity index (χ0v) is 12.5. The van der Waals surface area contributed by atoms with Crippen LogP contribution in [0.5, 0.6) is 0 Å². The molecular formula is C15H27F3N2. The lowest BCUT2D eigenvalue weighted by Crippen LogP contribution is -2.48. The summed E-state index contributed by atoms with van der Waals surface area (Å²) in [6, 6.07) is 1.26. The second-order valence-corrected chi connectivity index (χ2v) is 6.63. The van der Waals surface area contributed by atoms with Crippen LogP contribution in [0.3, 0.4) is 0 Å². The fourth-order valence-electron chi connectivity index (χ4n) is 3.68. The molecule has 20 heavy (non-hydrogen) atoms. The van der Waals surface area contributed by atoms with E-state index < -0.39 is 12.1 Å². The quantitative estimate of drug-likeness (QED) is 0.852. The number of nitrogens with zero attached hydrogens (tertiary/aromatic N) is 1. The van der Waals surface area contributed by atoms with Gasteiger partial charge in [-0.05, 0) is 58.9 Å². The second kappa shape index (κ2) is 6.65. The van der Waals surface area contributed by atoms with Crippen LogP contribution in [0.25, 0.3) is 0 Å². The van der Waals surface area contributed by atoms with E-state index in [-0.39, 0.29) is 0 Å². The minimum absolute atomic E-state index is 0.301. The maximum Gasteiger partial charge on any atom is 0.391 e. The number of hydrogen-bond acceptors (Lipinski definition) is 2. The van der Waals surface area contributed by atoms with Gasteiger partial charge in [0.2, 0.25) is 0 Å². The van der Waals surface area contributed by atoms with Gasteiger partial charge >= 0.3 is 6.18 Å². The molecule has 1 N–H and O–H groups in total. The van der Waals surface area contributed by atoms with Gasteiger partial charge in [0.15, 0.2) is 0 Å². The highest BCUT2D eigenvalue weighted by atomic mass is 19.4. The molecule has 0 radical (unpaired) electrons. The summed E-state index contributed by atoms with van der Waals surface area (Å²) >= 11 is 0. The highest BCUT2D eigenvalue weighted by molar-refractivity contribution is 4.87. The maximum absolute atomic E-state index is 12.7. The number of hydrogen-bond donors (Lipinski definition) is 1. The minimum atomic E-state index is -4.00. The molecule has 0 aromatic carbocycles. The lowest BCUT2D eigenvalue weighted by molar-refractivity contribution is -0.184. The Morgan fingerprint density at radius 2 is 1.75 bits per heavy atom. The average Bonchev–Trinajstić information content (AvgIpc) is 2.87. The van der Waals surface area contributed by atoms with Gasteiger partial charge in [0, 0.05) is 24.7 Å². The Bertz CT molecular complexity index is 290. The van der Waals surface area contributed by atoms with Crippen molar-refractivity contribution in [3.63, 3.8) is 0 Å². The van der Waals surface area contributed by atoms with Gasteiger partial charge in [-0.2, -0.15) is 13.2 Å². The smallest absolute Gasteiger partial charge is 0.313 e. The first-order chi connectivity index (χ1) is 9.38. The Kier molecular flexibility index (Phi) is 5.35. The van der Waals surface area contributed by atoms with Crippen molar-refractivity contribution in [1.29, 1.82) is 0 Å². The van der Waals surface area contributed by atoms with Crippen molar-refractivity contribution < 1.29 is 13.2 Å². The van der Waals surface area contributed by atoms with Gasteiger partial charge in [-0.3, -0.25) is 4.90 Å². The Balaban J connectivity index is 1.87. The molecule has 1 atom stereocenters. The minimum Gasteiger partial charge on any atom is -0.313 e. The van der Waals surface area contributed by atoms with Crippen LogP contribution < -0.4 is 5.32 Å². The molecule has 2 rings (SSSR count). The van der Waals surface area contributed by atoms with Gasteiger partial charge in [0.25, 0.3) is 0 Å². The van der Waals surface area contributed by atoms with Crippen LogP contribution >= 0.6 is 0 Å². The van der Waals surface area contributed by atoms with Gasteiger partial charge in [-0.15, -0.1) is 0 Å². The van der Waals surface area contributed by atoms with Crippen LogP contribution in [0.15, 0.2) is 0 Å². The predicted octanol–water partition coefficient (Wildman–Crippen LogP) is 3.57. The summed E-state index contributed by atoms with van der Waals surface area (Å²) in [7, 11) is 0. The molecule has 0 bridgehead atoms. The van der Waals surface area contributed by atoms with E-state index in [0.717, 1.165) is 13.1 Å². The topological polar surface area (TPSA) is 15.3 Å². The van der Waals surface area contributed by atoms with E-state index in [9.17, 15) is 13.2 Å². The van der Waals surface area contributed by atoms with Crippen molar-refractivity contribution >= 4 is 0 Å². The molecule has 0 aromatic heterocycles. The molecule has 0 aromatic rings. The molecule has 2 nitrogen and oxygen atoms in total. The van der Waals surface area contributed by atoms with E-state index in [4.69, 9.17) is 0 Å². The van der Waals surface area contributed by atoms with Gasteiger partial charge < -0.3 is 5.32 Å². The summed E-state index contributed by atoms with van der Waals surface area (Å²) in [5, 5.41) is 3.49. The summed E-state index contributed by atoms with van der Waals surface area (Å²) in [6.07, 6.45) is 0.397. The molecule has 2 aliphatic rings. The zero-order chi connectivity index (χ0) is 14.8. The molecule has 5 heteroatoms. The monoisotopic (exact) mass is 292 g/mol. The van der Waals surface area contributed by atoms with E-state index in [1.807, 2.05) is 0 Å². The molecule has 0 amide bonds. The molecule has 1 heterocycles. The molecule has 1 saturated heterocycles. The van der Waals surface area contributed by atoms with E-state index in [1.165, 1.54) is 12.8 Å². The first kappa shape index (κ1) is 16.1. The van der Waals surface area contributed by atoms with Crippen molar-refractivity contribution in [2.75, 3.05) is 13.1 Å². The van der Waals surface area contributed by atoms with Gasteiger partial charge in [-0.1, -0.05) is 0 Å². The lowest BCUT2D eigenvalue weighted by atomic mass is 9.84. The third-order valence-corrected chi connectivity index (χ3v) is 4.89. The number of halogens is 3. The largest absolute Gasteiger partial charge is 0.391 e. The number of nitrogens with one attached hydrogen (secondary N) is 1. The molecule has 0 spiro atoms. The molecule has 1 aliphatic heterocycles. The summed E-state index contributed by atoms with van der Waals surface area (Å²) in [6.45, 7) is 6.38. The van der Waals surface area contributed by atoms with Gasteiger partial charge in [0.05, 0.1) is 5.92 Å². The molecule has 118 valence electrons. The zero-order valence-electron chi connectivity index (χ0n) is 12.5. The van der Waals surface area contributed by atoms with Crippen LogP contribution in [-0.2, 0) is 0 Å². The van der Waals surface area contributed by atoms with E-state index in [2.05, 4.69) is 24.1 Å². The highest BCUT2D eigenvalue weighted by Gasteiger charge is 2.42. The molecule has 1 unspecified atom stereocenters. The Morgan fingerprint density at radius 3 is 2.20 bits per heavy atom. The third-order valence-electron chi connectivity index (χ3n) is 4.89. The molecule has 1 saturated carbocycles. The van der Waals surface area contributed by atoms with Crippen molar-refractivity contribution in [2.24, 2.45) is 5.92 Å². The lowest BCUT2D eigenvalue weighted by Gasteiger charge is -2.40. The predicted molar refractivity (Wildman–Crippen MR) is 74.7 cm³/mol. The fraction of sp³-hybridized carbons (Fsp3) is 1.00. The fourth-order valence-corrected chi connectivity index (χ4v) is 3.68. The first-order valence-electron chi connectivity index (χ1n) is 7.93. The van der Waals surface area contributed by atoms with E-state index in [1.54, 1.807) is 0 Å². The van der Waals surface area contributed by atoms with E-state index in [0.29, 0.717) is 43.8 Å². The summed E-state index contributed by atoms with van der Waals surface area (Å²) < 4.78 is 38.2. The SMILES string of the molecule is CC(C)N(CC1CCCN1)C1CCC(C(F)(F)F)CC1. The van der Waals surface area contributed by atoms with Crippen molar-refractivity contribution in [2.45, 2.75) is 76.7 Å². The van der Waals surface area contributed by atoms with Crippen LogP contribution in [0.2, 0.25) is 0 Å². The summed E-state index contributed by atoms with van der Waals surface area (Å²) in [5.74, 6) is -1.07. The number of rotatable bonds is 4. The molecule has 1 aliphatic carbocycles. The average molecular weight is 292 g/mol. The maximum atomic E-state index is 12.7. The van der Waals surface area contributed by atoms with Crippen molar-refractivity contribution in [1.82, 2.24) is 10.2 Å². The highest BCUT2D eigenvalue weighted by Crippen LogP contribution is 2.39. The number of alkyl halides is 3. The Morgan fingerprint density at radius 1 is 1.10 bits per heavy atom. The Hall–Kier alpha value is -0.290. The van der Waals surface area contributed by atoms with Crippen LogP contribution in [-0.4, -0.2) is 42.3 Å². The van der Waals surface area contributed by atoms with Crippen molar-refractivity contribution in [3.05, 3.63) is 0 Å². The van der Waals surface area contributed by atoms with Crippen LogP contribution in [0.1, 0.15) is 52.4 Å².